The monoisotopic (exact) mass is 243 g/mol. The van der Waals surface area contributed by atoms with Crippen molar-refractivity contribution < 1.29 is 9.53 Å². The summed E-state index contributed by atoms with van der Waals surface area (Å²) in [7, 11) is 0. The van der Waals surface area contributed by atoms with Gasteiger partial charge in [0.2, 0.25) is 0 Å². The van der Waals surface area contributed by atoms with Crippen LogP contribution in [0.15, 0.2) is 0 Å². The number of carbonyl (C=O) groups excluding carboxylic acids is 1. The molecular formula is C14H29NO2. The predicted molar refractivity (Wildman–Crippen MR) is 71.8 cm³/mol. The maximum Gasteiger partial charge on any atom is 0.313 e. The molecule has 0 bridgehead atoms. The maximum absolute atomic E-state index is 12.0. The molecule has 17 heavy (non-hydrogen) atoms. The summed E-state index contributed by atoms with van der Waals surface area (Å²) in [5.74, 6) is -0.0964. The first kappa shape index (κ1) is 16.4. The highest BCUT2D eigenvalue weighted by Gasteiger charge is 2.36. The zero-order valence-corrected chi connectivity index (χ0v) is 11.8. The van der Waals surface area contributed by atoms with Gasteiger partial charge in [-0.15, -0.1) is 0 Å². The van der Waals surface area contributed by atoms with Gasteiger partial charge in [-0.3, -0.25) is 4.79 Å². The lowest BCUT2D eigenvalue weighted by atomic mass is 9.78. The summed E-state index contributed by atoms with van der Waals surface area (Å²) in [6.45, 7) is 6.98. The molecule has 3 heteroatoms. The summed E-state index contributed by atoms with van der Waals surface area (Å²) >= 11 is 0. The molecule has 0 aliphatic rings. The van der Waals surface area contributed by atoms with E-state index in [2.05, 4.69) is 13.8 Å². The van der Waals surface area contributed by atoms with E-state index in [4.69, 9.17) is 10.5 Å². The van der Waals surface area contributed by atoms with Crippen molar-refractivity contribution in [2.45, 2.75) is 65.7 Å². The van der Waals surface area contributed by atoms with E-state index in [1.54, 1.807) is 0 Å². The largest absolute Gasteiger partial charge is 0.466 e. The molecule has 0 radical (unpaired) electrons. The molecule has 0 saturated carbocycles. The number of esters is 1. The van der Waals surface area contributed by atoms with Gasteiger partial charge in [0.15, 0.2) is 0 Å². The first-order valence-corrected chi connectivity index (χ1v) is 7.04. The van der Waals surface area contributed by atoms with Crippen molar-refractivity contribution in [1.82, 2.24) is 0 Å². The molecule has 0 spiro atoms. The van der Waals surface area contributed by atoms with Crippen LogP contribution in [0.5, 0.6) is 0 Å². The van der Waals surface area contributed by atoms with Gasteiger partial charge in [0.25, 0.3) is 0 Å². The summed E-state index contributed by atoms with van der Waals surface area (Å²) in [4.78, 5) is 12.0. The molecule has 0 amide bonds. The van der Waals surface area contributed by atoms with E-state index in [1.165, 1.54) is 19.3 Å². The number of ether oxygens (including phenoxy) is 1. The van der Waals surface area contributed by atoms with E-state index in [0.29, 0.717) is 13.2 Å². The molecule has 0 aromatic carbocycles. The number of hydrogen-bond donors (Lipinski definition) is 1. The highest BCUT2D eigenvalue weighted by molar-refractivity contribution is 5.77. The Bertz CT molecular complexity index is 206. The summed E-state index contributed by atoms with van der Waals surface area (Å²) in [6, 6.07) is 0. The molecule has 102 valence electrons. The molecule has 0 fully saturated rings. The third-order valence-corrected chi connectivity index (χ3v) is 3.34. The second kappa shape index (κ2) is 9.46. The van der Waals surface area contributed by atoms with Crippen molar-refractivity contribution in [2.24, 2.45) is 11.1 Å². The van der Waals surface area contributed by atoms with Gasteiger partial charge in [0.1, 0.15) is 0 Å². The lowest BCUT2D eigenvalue weighted by Gasteiger charge is -2.29. The minimum atomic E-state index is -0.432. The van der Waals surface area contributed by atoms with Gasteiger partial charge < -0.3 is 10.5 Å². The molecule has 0 saturated heterocycles. The Balaban J connectivity index is 4.41. The van der Waals surface area contributed by atoms with Gasteiger partial charge in [-0.2, -0.15) is 0 Å². The highest BCUT2D eigenvalue weighted by atomic mass is 16.5. The Labute approximate surface area is 106 Å². The van der Waals surface area contributed by atoms with Gasteiger partial charge >= 0.3 is 5.97 Å². The van der Waals surface area contributed by atoms with Gasteiger partial charge in [0.05, 0.1) is 12.0 Å². The fraction of sp³-hybridized carbons (Fsp3) is 0.929. The van der Waals surface area contributed by atoms with E-state index in [9.17, 15) is 4.79 Å². The Morgan fingerprint density at radius 3 is 2.24 bits per heavy atom. The minimum Gasteiger partial charge on any atom is -0.466 e. The van der Waals surface area contributed by atoms with Crippen LogP contribution in [0.3, 0.4) is 0 Å². The van der Waals surface area contributed by atoms with Crippen molar-refractivity contribution in [3.05, 3.63) is 0 Å². The van der Waals surface area contributed by atoms with Crippen molar-refractivity contribution in [3.63, 3.8) is 0 Å². The second-order valence-corrected chi connectivity index (χ2v) is 4.77. The summed E-state index contributed by atoms with van der Waals surface area (Å²) in [5.41, 5.74) is 5.41. The Morgan fingerprint density at radius 1 is 1.06 bits per heavy atom. The Morgan fingerprint density at radius 2 is 1.76 bits per heavy atom. The van der Waals surface area contributed by atoms with Crippen molar-refractivity contribution in [3.8, 4) is 0 Å². The van der Waals surface area contributed by atoms with Crippen LogP contribution in [0.2, 0.25) is 0 Å². The molecule has 0 aromatic rings. The quantitative estimate of drug-likeness (QED) is 0.473. The van der Waals surface area contributed by atoms with Gasteiger partial charge in [-0.1, -0.05) is 46.0 Å². The van der Waals surface area contributed by atoms with Crippen LogP contribution in [-0.2, 0) is 9.53 Å². The van der Waals surface area contributed by atoms with Crippen LogP contribution in [-0.4, -0.2) is 19.1 Å². The summed E-state index contributed by atoms with van der Waals surface area (Å²) in [5, 5.41) is 0. The molecule has 0 aliphatic heterocycles. The number of hydrogen-bond acceptors (Lipinski definition) is 3. The first-order valence-electron chi connectivity index (χ1n) is 7.04. The average Bonchev–Trinajstić information content (AvgIpc) is 2.33. The molecule has 3 nitrogen and oxygen atoms in total. The van der Waals surface area contributed by atoms with Crippen LogP contribution in [0, 0.1) is 5.41 Å². The molecule has 1 atom stereocenters. The standard InChI is InChI=1S/C14H29NO2/c1-4-7-8-9-11-14(12-15,10-5-2)13(16)17-6-3/h4-12,15H2,1-3H3. The Hall–Kier alpha value is -0.570. The lowest BCUT2D eigenvalue weighted by Crippen LogP contribution is -2.40. The van der Waals surface area contributed by atoms with Crippen LogP contribution in [0.1, 0.15) is 65.7 Å². The molecule has 0 aromatic heterocycles. The molecule has 0 aliphatic carbocycles. The minimum absolute atomic E-state index is 0.0964. The van der Waals surface area contributed by atoms with Crippen LogP contribution in [0.25, 0.3) is 0 Å². The number of rotatable bonds is 10. The van der Waals surface area contributed by atoms with Crippen molar-refractivity contribution >= 4 is 5.97 Å². The van der Waals surface area contributed by atoms with E-state index >= 15 is 0 Å². The molecule has 2 N–H and O–H groups in total. The van der Waals surface area contributed by atoms with Crippen LogP contribution in [0.4, 0.5) is 0 Å². The predicted octanol–water partition coefficient (Wildman–Crippen LogP) is 3.27. The third-order valence-electron chi connectivity index (χ3n) is 3.34. The number of nitrogens with two attached hydrogens (primary N) is 1. The highest BCUT2D eigenvalue weighted by Crippen LogP contribution is 2.31. The third kappa shape index (κ3) is 5.53. The average molecular weight is 243 g/mol. The fourth-order valence-electron chi connectivity index (χ4n) is 2.27. The first-order chi connectivity index (χ1) is 8.16. The number of unbranched alkanes of at least 4 members (excludes halogenated alkanes) is 3. The molecule has 0 rings (SSSR count). The number of carbonyl (C=O) groups is 1. The summed E-state index contributed by atoms with van der Waals surface area (Å²) in [6.07, 6.45) is 7.39. The summed E-state index contributed by atoms with van der Waals surface area (Å²) < 4.78 is 5.19. The normalized spacial score (nSPS) is 14.4. The fourth-order valence-corrected chi connectivity index (χ4v) is 2.27. The van der Waals surface area contributed by atoms with Gasteiger partial charge in [-0.05, 0) is 19.8 Å². The molecule has 0 heterocycles. The van der Waals surface area contributed by atoms with Gasteiger partial charge in [-0.25, -0.2) is 0 Å². The van der Waals surface area contributed by atoms with E-state index in [1.807, 2.05) is 6.92 Å². The van der Waals surface area contributed by atoms with Crippen molar-refractivity contribution in [1.29, 1.82) is 0 Å². The van der Waals surface area contributed by atoms with Gasteiger partial charge in [0, 0.05) is 6.54 Å². The molecular weight excluding hydrogens is 214 g/mol. The molecule has 1 unspecified atom stereocenters. The smallest absolute Gasteiger partial charge is 0.313 e. The van der Waals surface area contributed by atoms with E-state index in [-0.39, 0.29) is 5.97 Å². The van der Waals surface area contributed by atoms with E-state index < -0.39 is 5.41 Å². The zero-order valence-electron chi connectivity index (χ0n) is 11.8. The lowest BCUT2D eigenvalue weighted by molar-refractivity contribution is -0.156. The van der Waals surface area contributed by atoms with Crippen LogP contribution >= 0.6 is 0 Å². The topological polar surface area (TPSA) is 52.3 Å². The van der Waals surface area contributed by atoms with E-state index in [0.717, 1.165) is 25.7 Å². The maximum atomic E-state index is 12.0. The zero-order chi connectivity index (χ0) is 13.1. The second-order valence-electron chi connectivity index (χ2n) is 4.77. The Kier molecular flexibility index (Phi) is 9.14. The van der Waals surface area contributed by atoms with Crippen LogP contribution < -0.4 is 5.73 Å². The SMILES string of the molecule is CCCCCCC(CN)(CCC)C(=O)OCC. The van der Waals surface area contributed by atoms with Crippen molar-refractivity contribution in [2.75, 3.05) is 13.2 Å².